The Labute approximate surface area is 216 Å². The number of unbranched alkanes of at least 4 members (excludes halogenated alkanes) is 1. The van der Waals surface area contributed by atoms with Gasteiger partial charge in [-0.3, -0.25) is 4.21 Å². The van der Waals surface area contributed by atoms with E-state index in [1.54, 1.807) is 12.3 Å². The summed E-state index contributed by atoms with van der Waals surface area (Å²) in [5, 5.41) is 0. The molecule has 190 valence electrons. The van der Waals surface area contributed by atoms with E-state index in [9.17, 15) is 4.21 Å². The van der Waals surface area contributed by atoms with Crippen molar-refractivity contribution in [3.63, 3.8) is 0 Å². The predicted octanol–water partition coefficient (Wildman–Crippen LogP) is 7.59. The van der Waals surface area contributed by atoms with Crippen LogP contribution in [0.25, 0.3) is 11.1 Å². The number of halogens is 1. The highest BCUT2D eigenvalue weighted by molar-refractivity contribution is 7.84. The zero-order valence-electron chi connectivity index (χ0n) is 21.4. The van der Waals surface area contributed by atoms with Crippen molar-refractivity contribution in [2.45, 2.75) is 64.4 Å². The zero-order chi connectivity index (χ0) is 25.2. The fourth-order valence-corrected chi connectivity index (χ4v) is 6.06. The first-order valence-electron chi connectivity index (χ1n) is 13.0. The van der Waals surface area contributed by atoms with Crippen LogP contribution < -0.4 is 9.47 Å². The lowest BCUT2D eigenvalue weighted by molar-refractivity contribution is 0.203. The number of benzene rings is 3. The quantitative estimate of drug-likeness (QED) is 0.266. The molecule has 2 unspecified atom stereocenters. The molecule has 3 aromatic rings. The molecule has 0 heterocycles. The Kier molecular flexibility index (Phi) is 7.47. The van der Waals surface area contributed by atoms with Gasteiger partial charge in [-0.15, -0.1) is 0 Å². The smallest absolute Gasteiger partial charge is 0.130 e. The maximum atomic E-state index is 15.1. The van der Waals surface area contributed by atoms with E-state index in [1.165, 1.54) is 18.4 Å². The Bertz CT molecular complexity index is 1240. The van der Waals surface area contributed by atoms with Crippen molar-refractivity contribution in [2.24, 2.45) is 0 Å². The maximum Gasteiger partial charge on any atom is 0.130 e. The van der Waals surface area contributed by atoms with Gasteiger partial charge in [0.1, 0.15) is 23.4 Å². The number of fused-ring (bicyclic) bond motifs is 1. The van der Waals surface area contributed by atoms with E-state index >= 15 is 4.39 Å². The predicted molar refractivity (Wildman–Crippen MR) is 145 cm³/mol. The highest BCUT2D eigenvalue weighted by Gasteiger charge is 2.31. The molecule has 1 saturated carbocycles. The summed E-state index contributed by atoms with van der Waals surface area (Å²) in [6, 6.07) is 16.0. The molecule has 5 rings (SSSR count). The molecule has 0 spiro atoms. The minimum atomic E-state index is -0.753. The van der Waals surface area contributed by atoms with Gasteiger partial charge in [-0.05, 0) is 122 Å². The third-order valence-electron chi connectivity index (χ3n) is 7.36. The fraction of sp³-hybridized carbons (Fsp3) is 0.419. The second kappa shape index (κ2) is 10.8. The van der Waals surface area contributed by atoms with Gasteiger partial charge in [0, 0.05) is 28.4 Å². The highest BCUT2D eigenvalue weighted by Crippen LogP contribution is 2.44. The van der Waals surface area contributed by atoms with Crippen molar-refractivity contribution in [2.75, 3.05) is 18.6 Å². The van der Waals surface area contributed by atoms with Crippen molar-refractivity contribution in [3.05, 3.63) is 82.2 Å². The van der Waals surface area contributed by atoms with E-state index in [1.807, 2.05) is 18.2 Å². The number of aryl methyl sites for hydroxylation is 2. The van der Waals surface area contributed by atoms with E-state index in [4.69, 9.17) is 9.47 Å². The Hall–Kier alpha value is -2.66. The normalized spacial score (nSPS) is 17.6. The van der Waals surface area contributed by atoms with Crippen molar-refractivity contribution in [3.8, 4) is 22.6 Å². The van der Waals surface area contributed by atoms with Gasteiger partial charge in [0.25, 0.3) is 0 Å². The largest absolute Gasteiger partial charge is 0.494 e. The second-order valence-electron chi connectivity index (χ2n) is 10.2. The highest BCUT2D eigenvalue weighted by atomic mass is 32.2. The Morgan fingerprint density at radius 1 is 0.944 bits per heavy atom. The van der Waals surface area contributed by atoms with Gasteiger partial charge in [-0.1, -0.05) is 18.2 Å². The van der Waals surface area contributed by atoms with Crippen molar-refractivity contribution in [1.29, 1.82) is 0 Å². The summed E-state index contributed by atoms with van der Waals surface area (Å²) in [5.74, 6) is 2.89. The molecule has 36 heavy (non-hydrogen) atoms. The minimum absolute atomic E-state index is 0.186. The SMILES string of the molecule is Cc1cc(OCCCCS(C)=O)cc(C)c1-c1ccc(F)c2c1CCC2Oc1ccc(C2CC2)cc1. The summed E-state index contributed by atoms with van der Waals surface area (Å²) in [5.41, 5.74) is 7.61. The average Bonchev–Trinajstić information content (AvgIpc) is 3.60. The van der Waals surface area contributed by atoms with Gasteiger partial charge < -0.3 is 9.47 Å². The third kappa shape index (κ3) is 5.51. The number of hydrogen-bond acceptors (Lipinski definition) is 3. The molecule has 0 aromatic heterocycles. The van der Waals surface area contributed by atoms with E-state index in [2.05, 4.69) is 38.1 Å². The number of rotatable bonds is 10. The molecule has 0 bridgehead atoms. The van der Waals surface area contributed by atoms with Gasteiger partial charge in [-0.2, -0.15) is 0 Å². The molecular formula is C31H35FO3S. The minimum Gasteiger partial charge on any atom is -0.494 e. The summed E-state index contributed by atoms with van der Waals surface area (Å²) >= 11 is 0. The van der Waals surface area contributed by atoms with Gasteiger partial charge >= 0.3 is 0 Å². The molecule has 5 heteroatoms. The first-order chi connectivity index (χ1) is 17.4. The molecule has 3 nitrogen and oxygen atoms in total. The number of hydrogen-bond donors (Lipinski definition) is 0. The summed E-state index contributed by atoms with van der Waals surface area (Å²) in [4.78, 5) is 0. The fourth-order valence-electron chi connectivity index (χ4n) is 5.45. The van der Waals surface area contributed by atoms with E-state index in [0.717, 1.165) is 65.0 Å². The van der Waals surface area contributed by atoms with Crippen molar-refractivity contribution >= 4 is 10.8 Å². The first kappa shape index (κ1) is 25.0. The lowest BCUT2D eigenvalue weighted by Gasteiger charge is -2.19. The molecule has 3 aromatic carbocycles. The molecule has 2 atom stereocenters. The van der Waals surface area contributed by atoms with E-state index in [-0.39, 0.29) is 11.9 Å². The summed E-state index contributed by atoms with van der Waals surface area (Å²) < 4.78 is 38.6. The zero-order valence-corrected chi connectivity index (χ0v) is 22.3. The van der Waals surface area contributed by atoms with Gasteiger partial charge in [0.05, 0.1) is 6.61 Å². The standard InChI is InChI=1S/C31H35FO3S/c1-20-18-25(34-16-4-5-17-36(3)33)19-21(2)30(20)26-12-14-28(32)31-27(26)13-15-29(31)35-24-10-8-23(9-11-24)22-6-7-22/h8-12,14,18-19,22,29H,4-7,13,15-17H2,1-3H3. The topological polar surface area (TPSA) is 35.5 Å². The molecule has 1 fully saturated rings. The van der Waals surface area contributed by atoms with Crippen LogP contribution in [-0.2, 0) is 17.2 Å². The molecular weight excluding hydrogens is 471 g/mol. The Balaban J connectivity index is 1.34. The lowest BCUT2D eigenvalue weighted by atomic mass is 9.90. The summed E-state index contributed by atoms with van der Waals surface area (Å²) in [6.07, 6.45) is 7.37. The van der Waals surface area contributed by atoms with Crippen LogP contribution in [0.3, 0.4) is 0 Å². The third-order valence-corrected chi connectivity index (χ3v) is 8.22. The molecule has 0 saturated heterocycles. The van der Waals surface area contributed by atoms with Crippen LogP contribution in [0.15, 0.2) is 48.5 Å². The van der Waals surface area contributed by atoms with Crippen LogP contribution in [0.2, 0.25) is 0 Å². The number of ether oxygens (including phenoxy) is 2. The first-order valence-corrected chi connectivity index (χ1v) is 14.8. The molecule has 0 radical (unpaired) electrons. The van der Waals surface area contributed by atoms with Crippen molar-refractivity contribution < 1.29 is 18.1 Å². The molecule has 0 N–H and O–H groups in total. The van der Waals surface area contributed by atoms with E-state index in [0.29, 0.717) is 23.8 Å². The average molecular weight is 507 g/mol. The Morgan fingerprint density at radius 2 is 1.67 bits per heavy atom. The van der Waals surface area contributed by atoms with Crippen molar-refractivity contribution in [1.82, 2.24) is 0 Å². The van der Waals surface area contributed by atoms with Gasteiger partial charge in [0.2, 0.25) is 0 Å². The monoisotopic (exact) mass is 506 g/mol. The van der Waals surface area contributed by atoms with Crippen LogP contribution in [0.1, 0.15) is 71.9 Å². The van der Waals surface area contributed by atoms with Crippen LogP contribution in [-0.4, -0.2) is 22.8 Å². The summed E-state index contributed by atoms with van der Waals surface area (Å²) in [7, 11) is -0.753. The molecule has 2 aliphatic carbocycles. The molecule has 2 aliphatic rings. The van der Waals surface area contributed by atoms with Crippen LogP contribution >= 0.6 is 0 Å². The lowest BCUT2D eigenvalue weighted by Crippen LogP contribution is -2.06. The Morgan fingerprint density at radius 3 is 2.33 bits per heavy atom. The van der Waals surface area contributed by atoms with Gasteiger partial charge in [0.15, 0.2) is 0 Å². The van der Waals surface area contributed by atoms with E-state index < -0.39 is 10.8 Å². The van der Waals surface area contributed by atoms with Crippen LogP contribution in [0.4, 0.5) is 4.39 Å². The van der Waals surface area contributed by atoms with Crippen LogP contribution in [0.5, 0.6) is 11.5 Å². The second-order valence-corrected chi connectivity index (χ2v) is 11.8. The summed E-state index contributed by atoms with van der Waals surface area (Å²) in [6.45, 7) is 4.80. The van der Waals surface area contributed by atoms with Gasteiger partial charge in [-0.25, -0.2) is 4.39 Å². The molecule has 0 amide bonds. The maximum absolute atomic E-state index is 15.1. The molecule has 0 aliphatic heterocycles. The van der Waals surface area contributed by atoms with Crippen LogP contribution in [0, 0.1) is 19.7 Å².